The van der Waals surface area contributed by atoms with Crippen molar-refractivity contribution in [3.8, 4) is 0 Å². The highest BCUT2D eigenvalue weighted by molar-refractivity contribution is 5.80. The molecule has 27 heavy (non-hydrogen) atoms. The van der Waals surface area contributed by atoms with Gasteiger partial charge in [-0.2, -0.15) is 39.5 Å². The smallest absolute Gasteiger partial charge is 0.387 e. The molecule has 0 aliphatic rings. The maximum atomic E-state index is 13.8. The summed E-state index contributed by atoms with van der Waals surface area (Å²) in [6.45, 7) is 0.114. The van der Waals surface area contributed by atoms with Crippen LogP contribution in [0.1, 0.15) is 29.7 Å². The van der Waals surface area contributed by atoms with Crippen LogP contribution in [0, 0.1) is 23.4 Å². The van der Waals surface area contributed by atoms with Gasteiger partial charge in [0.05, 0.1) is 0 Å². The second kappa shape index (κ2) is 6.87. The minimum atomic E-state index is -6.28. The molecular formula is C13H6F12O2. The number of hydrogen-bond acceptors (Lipinski definition) is 2. The van der Waals surface area contributed by atoms with Crippen molar-refractivity contribution in [3.63, 3.8) is 0 Å². The lowest BCUT2D eigenvalue weighted by Gasteiger charge is -2.27. The molecule has 2 unspecified atom stereocenters. The summed E-state index contributed by atoms with van der Waals surface area (Å²) in [6, 6.07) is 0. The largest absolute Gasteiger partial charge is 0.422 e. The second-order valence-corrected chi connectivity index (χ2v) is 5.18. The number of aliphatic hydroxyl groups is 1. The van der Waals surface area contributed by atoms with Crippen LogP contribution in [-0.2, 0) is 17.1 Å². The molecule has 0 saturated carbocycles. The first-order valence-corrected chi connectivity index (χ1v) is 6.43. The summed E-state index contributed by atoms with van der Waals surface area (Å²) >= 11 is 0. The molecule has 0 saturated heterocycles. The van der Waals surface area contributed by atoms with Crippen molar-refractivity contribution < 1.29 is 62.6 Å². The number of ketones is 1. The van der Waals surface area contributed by atoms with Crippen LogP contribution < -0.4 is 0 Å². The number of carbonyl (C=O) groups is 1. The molecule has 2 atom stereocenters. The van der Waals surface area contributed by atoms with Crippen molar-refractivity contribution in [1.82, 2.24) is 0 Å². The van der Waals surface area contributed by atoms with Crippen molar-refractivity contribution in [1.29, 1.82) is 0 Å². The number of hydrogen-bond donors (Lipinski definition) is 1. The molecule has 0 amide bonds. The van der Waals surface area contributed by atoms with Crippen molar-refractivity contribution in [2.24, 2.45) is 5.92 Å². The molecule has 0 aliphatic carbocycles. The van der Waals surface area contributed by atoms with Gasteiger partial charge in [0.15, 0.2) is 17.5 Å². The first kappa shape index (κ1) is 23.0. The van der Waals surface area contributed by atoms with Gasteiger partial charge in [-0.05, 0) is 6.92 Å². The Morgan fingerprint density at radius 1 is 0.778 bits per heavy atom. The van der Waals surface area contributed by atoms with E-state index >= 15 is 0 Å². The highest BCUT2D eigenvalue weighted by Gasteiger charge is 2.54. The molecule has 1 aromatic rings. The van der Waals surface area contributed by atoms with E-state index in [0.29, 0.717) is 0 Å². The van der Waals surface area contributed by atoms with Crippen LogP contribution >= 0.6 is 0 Å². The molecule has 1 N–H and O–H groups in total. The quantitative estimate of drug-likeness (QED) is 0.554. The highest BCUT2D eigenvalue weighted by atomic mass is 19.4. The van der Waals surface area contributed by atoms with E-state index < -0.39 is 70.5 Å². The number of carbonyl (C=O) groups excluding carboxylic acids is 1. The third-order valence-corrected chi connectivity index (χ3v) is 3.33. The molecule has 0 aromatic heterocycles. The third kappa shape index (κ3) is 4.30. The maximum Gasteiger partial charge on any atom is 0.422 e. The van der Waals surface area contributed by atoms with Gasteiger partial charge in [-0.15, -0.1) is 0 Å². The summed E-state index contributed by atoms with van der Waals surface area (Å²) in [4.78, 5) is 11.0. The summed E-state index contributed by atoms with van der Waals surface area (Å²) in [6.07, 6.45) is -22.1. The van der Waals surface area contributed by atoms with Gasteiger partial charge in [0, 0.05) is 5.56 Å². The van der Waals surface area contributed by atoms with E-state index in [1.165, 1.54) is 0 Å². The lowest BCUT2D eigenvalue weighted by Crippen LogP contribution is -2.36. The predicted molar refractivity (Wildman–Crippen MR) is 61.5 cm³/mol. The topological polar surface area (TPSA) is 37.3 Å². The van der Waals surface area contributed by atoms with Crippen molar-refractivity contribution in [2.45, 2.75) is 31.6 Å². The number of aliphatic hydroxyl groups excluding tert-OH is 1. The van der Waals surface area contributed by atoms with Gasteiger partial charge in [0.25, 0.3) is 0 Å². The maximum absolute atomic E-state index is 13.8. The first-order chi connectivity index (χ1) is 11.8. The molecule has 154 valence electrons. The van der Waals surface area contributed by atoms with E-state index in [-0.39, 0.29) is 6.92 Å². The average molecular weight is 422 g/mol. The zero-order valence-electron chi connectivity index (χ0n) is 12.5. The van der Waals surface area contributed by atoms with Crippen LogP contribution in [0.15, 0.2) is 0 Å². The predicted octanol–water partition coefficient (Wildman–Crippen LogP) is 4.94. The monoisotopic (exact) mass is 422 g/mol. The Morgan fingerprint density at radius 2 is 1.19 bits per heavy atom. The molecule has 1 aromatic carbocycles. The molecule has 0 radical (unpaired) electrons. The van der Waals surface area contributed by atoms with Crippen LogP contribution in [0.3, 0.4) is 0 Å². The lowest BCUT2D eigenvalue weighted by atomic mass is 9.87. The second-order valence-electron chi connectivity index (χ2n) is 5.18. The van der Waals surface area contributed by atoms with Gasteiger partial charge in [0.1, 0.15) is 28.9 Å². The molecule has 0 spiro atoms. The van der Waals surface area contributed by atoms with Crippen LogP contribution in [0.2, 0.25) is 0 Å². The van der Waals surface area contributed by atoms with E-state index in [2.05, 4.69) is 0 Å². The van der Waals surface area contributed by atoms with Gasteiger partial charge in [-0.1, -0.05) is 0 Å². The summed E-state index contributed by atoms with van der Waals surface area (Å²) in [5.41, 5.74) is -9.46. The number of halogens is 12. The Morgan fingerprint density at radius 3 is 1.48 bits per heavy atom. The Kier molecular flexibility index (Phi) is 5.87. The minimum absolute atomic E-state index is 0.114. The highest BCUT2D eigenvalue weighted by Crippen LogP contribution is 2.47. The Labute approximate surface area is 141 Å². The molecule has 0 aliphatic heterocycles. The zero-order valence-corrected chi connectivity index (χ0v) is 12.5. The van der Waals surface area contributed by atoms with E-state index in [9.17, 15) is 62.6 Å². The van der Waals surface area contributed by atoms with Gasteiger partial charge in [-0.3, -0.25) is 4.79 Å². The molecule has 0 heterocycles. The number of rotatable bonds is 3. The summed E-state index contributed by atoms with van der Waals surface area (Å²) in [7, 11) is 0. The molecule has 1 rings (SSSR count). The third-order valence-electron chi connectivity index (χ3n) is 3.33. The Hall–Kier alpha value is -1.99. The van der Waals surface area contributed by atoms with E-state index in [1.54, 1.807) is 0 Å². The minimum Gasteiger partial charge on any atom is -0.387 e. The number of benzene rings is 1. The van der Waals surface area contributed by atoms with Gasteiger partial charge in [-0.25, -0.2) is 13.2 Å². The fraction of sp³-hybridized carbons (Fsp3) is 0.462. The van der Waals surface area contributed by atoms with Crippen LogP contribution in [-0.4, -0.2) is 17.1 Å². The van der Waals surface area contributed by atoms with Crippen molar-refractivity contribution >= 4 is 5.78 Å². The SMILES string of the molecule is CC(=O)C(C(O)c1c(F)c(F)c(C(F)(F)F)c(F)c1C(F)(F)F)C(F)(F)F. The number of alkyl halides is 9. The van der Waals surface area contributed by atoms with Crippen LogP contribution in [0.5, 0.6) is 0 Å². The van der Waals surface area contributed by atoms with Crippen LogP contribution in [0.25, 0.3) is 0 Å². The number of Topliss-reactive ketones (excluding diaryl/α,β-unsaturated/α-hetero) is 1. The average Bonchev–Trinajstić information content (AvgIpc) is 2.37. The Balaban J connectivity index is 4.02. The van der Waals surface area contributed by atoms with Crippen LogP contribution in [0.4, 0.5) is 52.7 Å². The fourth-order valence-electron chi connectivity index (χ4n) is 2.28. The lowest BCUT2D eigenvalue weighted by molar-refractivity contribution is -0.202. The van der Waals surface area contributed by atoms with Gasteiger partial charge >= 0.3 is 18.5 Å². The van der Waals surface area contributed by atoms with E-state index in [1.807, 2.05) is 0 Å². The molecule has 0 fully saturated rings. The summed E-state index contributed by atoms with van der Waals surface area (Å²) < 4.78 is 156. The normalized spacial score (nSPS) is 15.6. The zero-order chi connectivity index (χ0) is 21.7. The molecule has 2 nitrogen and oxygen atoms in total. The van der Waals surface area contributed by atoms with Gasteiger partial charge < -0.3 is 5.11 Å². The summed E-state index contributed by atoms with van der Waals surface area (Å²) in [5, 5.41) is 9.46. The van der Waals surface area contributed by atoms with Crippen molar-refractivity contribution in [3.05, 3.63) is 34.1 Å². The van der Waals surface area contributed by atoms with Crippen molar-refractivity contribution in [2.75, 3.05) is 0 Å². The molecule has 14 heteroatoms. The van der Waals surface area contributed by atoms with E-state index in [0.717, 1.165) is 0 Å². The Bertz CT molecular complexity index is 744. The standard InChI is InChI=1S/C13H6F12O2/c1-2(26)4(11(17,18)19)10(27)3-5(12(20,21)22)8(15)6(13(23,24)25)9(16)7(3)14/h4,10,27H,1H3. The molecular weight excluding hydrogens is 416 g/mol. The first-order valence-electron chi connectivity index (χ1n) is 6.43. The molecule has 0 bridgehead atoms. The van der Waals surface area contributed by atoms with Gasteiger partial charge in [0.2, 0.25) is 0 Å². The summed E-state index contributed by atoms with van der Waals surface area (Å²) in [5.74, 6) is -15.9. The van der Waals surface area contributed by atoms with E-state index in [4.69, 9.17) is 0 Å². The fourth-order valence-corrected chi connectivity index (χ4v) is 2.28.